The highest BCUT2D eigenvalue weighted by molar-refractivity contribution is 5.97. The van der Waals surface area contributed by atoms with E-state index in [0.29, 0.717) is 19.0 Å². The monoisotopic (exact) mass is 314 g/mol. The van der Waals surface area contributed by atoms with Gasteiger partial charge in [0.15, 0.2) is 0 Å². The van der Waals surface area contributed by atoms with Gasteiger partial charge in [0.05, 0.1) is 5.92 Å². The van der Waals surface area contributed by atoms with Gasteiger partial charge in [-0.3, -0.25) is 9.59 Å². The molecule has 1 aromatic rings. The highest BCUT2D eigenvalue weighted by Gasteiger charge is 2.39. The van der Waals surface area contributed by atoms with E-state index in [1.54, 1.807) is 0 Å². The summed E-state index contributed by atoms with van der Waals surface area (Å²) in [5.41, 5.74) is 1.95. The average Bonchev–Trinajstić information content (AvgIpc) is 2.78. The molecule has 124 valence electrons. The molecule has 4 heteroatoms. The van der Waals surface area contributed by atoms with Crippen molar-refractivity contribution in [2.45, 2.75) is 57.9 Å². The van der Waals surface area contributed by atoms with Gasteiger partial charge in [0.25, 0.3) is 0 Å². The van der Waals surface area contributed by atoms with E-state index < -0.39 is 0 Å². The lowest BCUT2D eigenvalue weighted by Crippen LogP contribution is -2.41. The van der Waals surface area contributed by atoms with E-state index in [0.717, 1.165) is 24.1 Å². The van der Waals surface area contributed by atoms with Crippen LogP contribution in [-0.4, -0.2) is 29.3 Å². The molecule has 1 N–H and O–H groups in total. The van der Waals surface area contributed by atoms with Gasteiger partial charge in [0, 0.05) is 24.7 Å². The summed E-state index contributed by atoms with van der Waals surface area (Å²) in [6.07, 6.45) is 3.73. The van der Waals surface area contributed by atoms with Crippen molar-refractivity contribution < 1.29 is 9.59 Å². The van der Waals surface area contributed by atoms with Gasteiger partial charge < -0.3 is 10.2 Å². The number of hydrogen-bond acceptors (Lipinski definition) is 2. The fourth-order valence-electron chi connectivity index (χ4n) is 3.44. The third kappa shape index (κ3) is 3.26. The highest BCUT2D eigenvalue weighted by atomic mass is 16.2. The first kappa shape index (κ1) is 16.0. The number of para-hydroxylation sites is 1. The summed E-state index contributed by atoms with van der Waals surface area (Å²) in [6.45, 7) is 6.98. The second kappa shape index (κ2) is 5.99. The Hall–Kier alpha value is -1.84. The number of carbonyl (C=O) groups is 2. The van der Waals surface area contributed by atoms with Crippen LogP contribution in [0.1, 0.15) is 52.0 Å². The van der Waals surface area contributed by atoms with E-state index in [2.05, 4.69) is 32.2 Å². The summed E-state index contributed by atoms with van der Waals surface area (Å²) in [7, 11) is 0. The van der Waals surface area contributed by atoms with E-state index in [1.807, 2.05) is 23.1 Å². The Morgan fingerprint density at radius 3 is 2.52 bits per heavy atom. The first-order valence-electron chi connectivity index (χ1n) is 8.56. The molecule has 1 saturated carbocycles. The Morgan fingerprint density at radius 1 is 1.22 bits per heavy atom. The lowest BCUT2D eigenvalue weighted by atomic mass is 9.85. The Balaban J connectivity index is 1.70. The minimum atomic E-state index is -0.226. The topological polar surface area (TPSA) is 49.4 Å². The van der Waals surface area contributed by atoms with Crippen molar-refractivity contribution in [2.75, 3.05) is 11.9 Å². The third-order valence-corrected chi connectivity index (χ3v) is 5.04. The van der Waals surface area contributed by atoms with Crippen molar-refractivity contribution in [3.63, 3.8) is 0 Å². The molecule has 1 aromatic carbocycles. The number of nitrogens with zero attached hydrogens (tertiary/aromatic N) is 1. The minimum absolute atomic E-state index is 0.0307. The van der Waals surface area contributed by atoms with Crippen LogP contribution in [0.4, 0.5) is 5.69 Å². The van der Waals surface area contributed by atoms with Gasteiger partial charge in [-0.25, -0.2) is 0 Å². The largest absolute Gasteiger partial charge is 0.339 e. The zero-order valence-corrected chi connectivity index (χ0v) is 14.3. The summed E-state index contributed by atoms with van der Waals surface area (Å²) < 4.78 is 0. The van der Waals surface area contributed by atoms with Crippen molar-refractivity contribution in [3.05, 3.63) is 29.8 Å². The van der Waals surface area contributed by atoms with Gasteiger partial charge in [-0.2, -0.15) is 0 Å². The maximum absolute atomic E-state index is 12.6. The molecule has 1 aliphatic heterocycles. The number of nitrogens with one attached hydrogen (secondary N) is 1. The van der Waals surface area contributed by atoms with E-state index >= 15 is 0 Å². The first-order valence-corrected chi connectivity index (χ1v) is 8.56. The Morgan fingerprint density at radius 2 is 1.91 bits per heavy atom. The SMILES string of the molecule is CC(C)(C)c1ccccc1NC(=O)C1CC(=O)N(C2CCC2)C1. The summed E-state index contributed by atoms with van der Waals surface area (Å²) >= 11 is 0. The van der Waals surface area contributed by atoms with Crippen molar-refractivity contribution >= 4 is 17.5 Å². The smallest absolute Gasteiger partial charge is 0.229 e. The molecule has 1 aliphatic carbocycles. The van der Waals surface area contributed by atoms with Crippen LogP contribution in [0.15, 0.2) is 24.3 Å². The first-order chi connectivity index (χ1) is 10.9. The van der Waals surface area contributed by atoms with Crippen LogP contribution in [0.3, 0.4) is 0 Å². The van der Waals surface area contributed by atoms with Gasteiger partial charge in [0.2, 0.25) is 11.8 Å². The van der Waals surface area contributed by atoms with Crippen LogP contribution < -0.4 is 5.32 Å². The number of hydrogen-bond donors (Lipinski definition) is 1. The van der Waals surface area contributed by atoms with Crippen LogP contribution in [0, 0.1) is 5.92 Å². The van der Waals surface area contributed by atoms with E-state index in [4.69, 9.17) is 0 Å². The van der Waals surface area contributed by atoms with E-state index in [-0.39, 0.29) is 23.1 Å². The minimum Gasteiger partial charge on any atom is -0.339 e. The second-order valence-corrected chi connectivity index (χ2v) is 7.82. The van der Waals surface area contributed by atoms with Gasteiger partial charge in [-0.1, -0.05) is 39.0 Å². The number of benzene rings is 1. The summed E-state index contributed by atoms with van der Waals surface area (Å²) in [5, 5.41) is 3.06. The number of carbonyl (C=O) groups excluding carboxylic acids is 2. The molecule has 2 fully saturated rings. The van der Waals surface area contributed by atoms with E-state index in [9.17, 15) is 9.59 Å². The molecule has 3 rings (SSSR count). The molecule has 0 spiro atoms. The zero-order chi connectivity index (χ0) is 16.6. The molecular formula is C19H26N2O2. The predicted octanol–water partition coefficient (Wildman–Crippen LogP) is 3.32. The molecule has 2 amide bonds. The molecular weight excluding hydrogens is 288 g/mol. The number of amides is 2. The molecule has 0 radical (unpaired) electrons. The Bertz CT molecular complexity index is 614. The quantitative estimate of drug-likeness (QED) is 0.930. The van der Waals surface area contributed by atoms with Gasteiger partial charge in [-0.05, 0) is 36.3 Å². The molecule has 1 atom stereocenters. The molecule has 0 bridgehead atoms. The maximum Gasteiger partial charge on any atom is 0.229 e. The highest BCUT2D eigenvalue weighted by Crippen LogP contribution is 2.33. The molecule has 1 unspecified atom stereocenters. The summed E-state index contributed by atoms with van der Waals surface area (Å²) in [6, 6.07) is 8.30. The normalized spacial score (nSPS) is 22.1. The fraction of sp³-hybridized carbons (Fsp3) is 0.579. The second-order valence-electron chi connectivity index (χ2n) is 7.82. The van der Waals surface area contributed by atoms with Crippen molar-refractivity contribution in [3.8, 4) is 0 Å². The lowest BCUT2D eigenvalue weighted by Gasteiger charge is -2.34. The standard InChI is InChI=1S/C19H26N2O2/c1-19(2,3)15-9-4-5-10-16(15)20-18(23)13-11-17(22)21(12-13)14-7-6-8-14/h4-5,9-10,13-14H,6-8,11-12H2,1-3H3,(H,20,23). The third-order valence-electron chi connectivity index (χ3n) is 5.04. The average molecular weight is 314 g/mol. The zero-order valence-electron chi connectivity index (χ0n) is 14.3. The summed E-state index contributed by atoms with van der Waals surface area (Å²) in [5.74, 6) is -0.119. The van der Waals surface area contributed by atoms with Crippen LogP contribution in [0.5, 0.6) is 0 Å². The fourth-order valence-corrected chi connectivity index (χ4v) is 3.44. The van der Waals surface area contributed by atoms with Gasteiger partial charge in [0.1, 0.15) is 0 Å². The Labute approximate surface area is 138 Å². The van der Waals surface area contributed by atoms with Crippen LogP contribution >= 0.6 is 0 Å². The van der Waals surface area contributed by atoms with Crippen LogP contribution in [0.2, 0.25) is 0 Å². The molecule has 0 aromatic heterocycles. The van der Waals surface area contributed by atoms with Crippen LogP contribution in [-0.2, 0) is 15.0 Å². The van der Waals surface area contributed by atoms with Gasteiger partial charge in [-0.15, -0.1) is 0 Å². The number of anilines is 1. The molecule has 23 heavy (non-hydrogen) atoms. The predicted molar refractivity (Wildman–Crippen MR) is 91.2 cm³/mol. The summed E-state index contributed by atoms with van der Waals surface area (Å²) in [4.78, 5) is 26.7. The number of rotatable bonds is 3. The van der Waals surface area contributed by atoms with Crippen molar-refractivity contribution in [1.82, 2.24) is 4.90 Å². The maximum atomic E-state index is 12.6. The van der Waals surface area contributed by atoms with E-state index in [1.165, 1.54) is 6.42 Å². The molecule has 2 aliphatic rings. The lowest BCUT2D eigenvalue weighted by molar-refractivity contribution is -0.131. The molecule has 1 heterocycles. The van der Waals surface area contributed by atoms with Crippen molar-refractivity contribution in [1.29, 1.82) is 0 Å². The molecule has 1 saturated heterocycles. The Kier molecular flexibility index (Phi) is 4.17. The van der Waals surface area contributed by atoms with Crippen molar-refractivity contribution in [2.24, 2.45) is 5.92 Å². The molecule has 4 nitrogen and oxygen atoms in total. The number of likely N-dealkylation sites (tertiary alicyclic amines) is 1. The van der Waals surface area contributed by atoms with Gasteiger partial charge >= 0.3 is 0 Å². The van der Waals surface area contributed by atoms with Crippen LogP contribution in [0.25, 0.3) is 0 Å².